The standard InChI is InChI=1S/C16H16N2O3/c1-21-16(20)12-5-4-7-14(11-12)18-15(19)9-8-13-6-2-3-10-17-13/h2-7,10-11H,8-9H2,1H3,(H,18,19). The molecule has 0 saturated carbocycles. The zero-order valence-electron chi connectivity index (χ0n) is 11.7. The number of ether oxygens (including phenoxy) is 1. The molecule has 0 aliphatic carbocycles. The van der Waals surface area contributed by atoms with E-state index in [1.807, 2.05) is 18.2 Å². The van der Waals surface area contributed by atoms with E-state index in [1.165, 1.54) is 7.11 Å². The largest absolute Gasteiger partial charge is 0.465 e. The summed E-state index contributed by atoms with van der Waals surface area (Å²) in [5, 5.41) is 2.76. The lowest BCUT2D eigenvalue weighted by Crippen LogP contribution is -2.13. The minimum atomic E-state index is -0.431. The van der Waals surface area contributed by atoms with E-state index in [9.17, 15) is 9.59 Å². The van der Waals surface area contributed by atoms with Crippen LogP contribution >= 0.6 is 0 Å². The number of methoxy groups -OCH3 is 1. The Morgan fingerprint density at radius 1 is 1.19 bits per heavy atom. The first-order valence-corrected chi connectivity index (χ1v) is 6.57. The molecular formula is C16H16N2O3. The molecule has 2 aromatic rings. The summed E-state index contributed by atoms with van der Waals surface area (Å²) in [7, 11) is 1.32. The van der Waals surface area contributed by atoms with Crippen molar-refractivity contribution in [2.45, 2.75) is 12.8 Å². The van der Waals surface area contributed by atoms with E-state index < -0.39 is 5.97 Å². The Morgan fingerprint density at radius 2 is 2.05 bits per heavy atom. The van der Waals surface area contributed by atoms with Gasteiger partial charge in [0.1, 0.15) is 0 Å². The van der Waals surface area contributed by atoms with Gasteiger partial charge >= 0.3 is 5.97 Å². The van der Waals surface area contributed by atoms with E-state index in [-0.39, 0.29) is 5.91 Å². The van der Waals surface area contributed by atoms with E-state index >= 15 is 0 Å². The third kappa shape index (κ3) is 4.42. The highest BCUT2D eigenvalue weighted by Crippen LogP contribution is 2.12. The average molecular weight is 284 g/mol. The van der Waals surface area contributed by atoms with Crippen LogP contribution in [0.1, 0.15) is 22.5 Å². The fourth-order valence-corrected chi connectivity index (χ4v) is 1.85. The lowest BCUT2D eigenvalue weighted by molar-refractivity contribution is -0.116. The summed E-state index contributed by atoms with van der Waals surface area (Å²) in [5.74, 6) is -0.553. The molecule has 21 heavy (non-hydrogen) atoms. The van der Waals surface area contributed by atoms with Gasteiger partial charge in [0.25, 0.3) is 0 Å². The van der Waals surface area contributed by atoms with Gasteiger partial charge in [-0.2, -0.15) is 0 Å². The van der Waals surface area contributed by atoms with E-state index in [0.717, 1.165) is 5.69 Å². The summed E-state index contributed by atoms with van der Waals surface area (Å²) >= 11 is 0. The second-order valence-electron chi connectivity index (χ2n) is 4.44. The van der Waals surface area contributed by atoms with Crippen LogP contribution in [-0.2, 0) is 16.0 Å². The summed E-state index contributed by atoms with van der Waals surface area (Å²) in [4.78, 5) is 27.5. The van der Waals surface area contributed by atoms with Crippen molar-refractivity contribution in [1.29, 1.82) is 0 Å². The van der Waals surface area contributed by atoms with Crippen molar-refractivity contribution < 1.29 is 14.3 Å². The number of nitrogens with zero attached hydrogens (tertiary/aromatic N) is 1. The first-order chi connectivity index (χ1) is 10.2. The van der Waals surface area contributed by atoms with Gasteiger partial charge in [0.2, 0.25) is 5.91 Å². The van der Waals surface area contributed by atoms with Crippen LogP contribution in [0, 0.1) is 0 Å². The van der Waals surface area contributed by atoms with Crippen LogP contribution in [0.2, 0.25) is 0 Å². The van der Waals surface area contributed by atoms with Crippen LogP contribution in [0.5, 0.6) is 0 Å². The molecule has 0 fully saturated rings. The molecule has 0 aliphatic rings. The number of esters is 1. The number of anilines is 1. The molecule has 1 amide bonds. The molecule has 0 radical (unpaired) electrons. The van der Waals surface area contributed by atoms with Gasteiger partial charge in [-0.25, -0.2) is 4.79 Å². The van der Waals surface area contributed by atoms with Crippen LogP contribution in [0.15, 0.2) is 48.7 Å². The van der Waals surface area contributed by atoms with Crippen LogP contribution in [0.4, 0.5) is 5.69 Å². The molecule has 0 atom stereocenters. The molecule has 0 unspecified atom stereocenters. The van der Waals surface area contributed by atoms with E-state index in [4.69, 9.17) is 0 Å². The molecule has 0 saturated heterocycles. The highest BCUT2D eigenvalue weighted by atomic mass is 16.5. The highest BCUT2D eigenvalue weighted by molar-refractivity contribution is 5.94. The predicted octanol–water partition coefficient (Wildman–Crippen LogP) is 2.44. The van der Waals surface area contributed by atoms with E-state index in [1.54, 1.807) is 30.5 Å². The predicted molar refractivity (Wildman–Crippen MR) is 79.0 cm³/mol. The molecule has 2 rings (SSSR count). The molecule has 0 aliphatic heterocycles. The number of aromatic nitrogens is 1. The molecule has 0 bridgehead atoms. The van der Waals surface area contributed by atoms with E-state index in [2.05, 4.69) is 15.0 Å². The average Bonchev–Trinajstić information content (AvgIpc) is 2.53. The van der Waals surface area contributed by atoms with Gasteiger partial charge in [0.15, 0.2) is 0 Å². The summed E-state index contributed by atoms with van der Waals surface area (Å²) in [5.41, 5.74) is 1.85. The molecule has 1 aromatic heterocycles. The zero-order valence-corrected chi connectivity index (χ0v) is 11.7. The lowest BCUT2D eigenvalue weighted by Gasteiger charge is -2.06. The number of pyridine rings is 1. The number of carbonyl (C=O) groups excluding carboxylic acids is 2. The van der Waals surface area contributed by atoms with Gasteiger partial charge in [-0.1, -0.05) is 12.1 Å². The van der Waals surface area contributed by atoms with Gasteiger partial charge in [0, 0.05) is 24.0 Å². The normalized spacial score (nSPS) is 9.95. The number of hydrogen-bond donors (Lipinski definition) is 1. The Hall–Kier alpha value is -2.69. The SMILES string of the molecule is COC(=O)c1cccc(NC(=O)CCc2ccccn2)c1. The van der Waals surface area contributed by atoms with Crippen molar-refractivity contribution in [2.24, 2.45) is 0 Å². The number of rotatable bonds is 5. The number of carbonyl (C=O) groups is 2. The van der Waals surface area contributed by atoms with Gasteiger partial charge < -0.3 is 10.1 Å². The molecule has 1 N–H and O–H groups in total. The molecule has 1 heterocycles. The van der Waals surface area contributed by atoms with E-state index in [0.29, 0.717) is 24.1 Å². The Morgan fingerprint density at radius 3 is 2.76 bits per heavy atom. The highest BCUT2D eigenvalue weighted by Gasteiger charge is 2.08. The summed E-state index contributed by atoms with van der Waals surface area (Å²) in [6.07, 6.45) is 2.61. The Bertz CT molecular complexity index is 626. The molecule has 1 aromatic carbocycles. The summed E-state index contributed by atoms with van der Waals surface area (Å²) < 4.78 is 4.64. The summed E-state index contributed by atoms with van der Waals surface area (Å²) in [6.45, 7) is 0. The number of aryl methyl sites for hydroxylation is 1. The molecule has 5 nitrogen and oxygen atoms in total. The van der Waals surface area contributed by atoms with Crippen LogP contribution in [0.25, 0.3) is 0 Å². The van der Waals surface area contributed by atoms with Gasteiger partial charge in [-0.05, 0) is 36.8 Å². The smallest absolute Gasteiger partial charge is 0.337 e. The fourth-order valence-electron chi connectivity index (χ4n) is 1.85. The van der Waals surface area contributed by atoms with Crippen molar-refractivity contribution >= 4 is 17.6 Å². The number of hydrogen-bond acceptors (Lipinski definition) is 4. The Labute approximate surface area is 123 Å². The molecule has 108 valence electrons. The maximum atomic E-state index is 11.9. The Kier molecular flexibility index (Phi) is 5.04. The minimum absolute atomic E-state index is 0.123. The van der Waals surface area contributed by atoms with Crippen molar-refractivity contribution in [3.8, 4) is 0 Å². The Balaban J connectivity index is 1.92. The third-order valence-electron chi connectivity index (χ3n) is 2.90. The van der Waals surface area contributed by atoms with Crippen LogP contribution in [-0.4, -0.2) is 24.0 Å². The second-order valence-corrected chi connectivity index (χ2v) is 4.44. The first-order valence-electron chi connectivity index (χ1n) is 6.57. The zero-order chi connectivity index (χ0) is 15.1. The topological polar surface area (TPSA) is 68.3 Å². The van der Waals surface area contributed by atoms with Crippen LogP contribution in [0.3, 0.4) is 0 Å². The van der Waals surface area contributed by atoms with Crippen molar-refractivity contribution in [1.82, 2.24) is 4.98 Å². The maximum Gasteiger partial charge on any atom is 0.337 e. The quantitative estimate of drug-likeness (QED) is 0.856. The number of benzene rings is 1. The number of nitrogens with one attached hydrogen (secondary N) is 1. The third-order valence-corrected chi connectivity index (χ3v) is 2.90. The van der Waals surface area contributed by atoms with Crippen LogP contribution < -0.4 is 5.32 Å². The number of amides is 1. The summed E-state index contributed by atoms with van der Waals surface area (Å²) in [6, 6.07) is 12.2. The second kappa shape index (κ2) is 7.19. The molecule has 0 spiro atoms. The fraction of sp³-hybridized carbons (Fsp3) is 0.188. The van der Waals surface area contributed by atoms with Crippen molar-refractivity contribution in [2.75, 3.05) is 12.4 Å². The molecule has 5 heteroatoms. The van der Waals surface area contributed by atoms with Gasteiger partial charge in [-0.15, -0.1) is 0 Å². The lowest BCUT2D eigenvalue weighted by atomic mass is 10.2. The van der Waals surface area contributed by atoms with Gasteiger partial charge in [0.05, 0.1) is 12.7 Å². The first kappa shape index (κ1) is 14.7. The van der Waals surface area contributed by atoms with Crippen molar-refractivity contribution in [3.05, 3.63) is 59.9 Å². The monoisotopic (exact) mass is 284 g/mol. The van der Waals surface area contributed by atoms with Crippen molar-refractivity contribution in [3.63, 3.8) is 0 Å². The van der Waals surface area contributed by atoms with Gasteiger partial charge in [-0.3, -0.25) is 9.78 Å². The minimum Gasteiger partial charge on any atom is -0.465 e. The maximum absolute atomic E-state index is 11.9. The molecular weight excluding hydrogens is 268 g/mol.